The van der Waals surface area contributed by atoms with Crippen LogP contribution in [-0.2, 0) is 14.3 Å². The Morgan fingerprint density at radius 3 is 2.73 bits per heavy atom. The number of Topliss-reactive ketones (excluding diaryl/α,β-unsaturated/α-hetero) is 1. The summed E-state index contributed by atoms with van der Waals surface area (Å²) in [5.74, 6) is 0.826. The van der Waals surface area contributed by atoms with Gasteiger partial charge in [0.05, 0.1) is 0 Å². The number of allylic oxidation sites excluding steroid dienone is 8. The number of carbonyl (C=O) groups is 2. The molecule has 0 aromatic carbocycles. The monoisotopic (exact) mass is 564 g/mol. The first-order chi connectivity index (χ1) is 19.6. The fourth-order valence-corrected chi connectivity index (χ4v) is 7.53. The number of ether oxygens (including phenoxy) is 1. The van der Waals surface area contributed by atoms with E-state index in [1.807, 2.05) is 12.2 Å². The fraction of sp³-hybridized carbons (Fsp3) is 0.676. The van der Waals surface area contributed by atoms with Crippen LogP contribution in [0.25, 0.3) is 0 Å². The standard InChI is InChI=1S/C37H53FO3/c1-5-13-30(31-18-11-19-32(26-31)36(3,4)38)17-9-10-20-33(39)34-27(2)35(40)41-37(34)24-12-16-29(23-25-37)22-21-28-14-7-6-8-15-28/h7,11,14,16,18-19,28,30,32H,5-6,8-10,12-13,15,17,20-26H2,1-4H3. The molecular formula is C37H53FO3. The molecule has 4 heteroatoms. The highest BCUT2D eigenvalue weighted by atomic mass is 19.1. The molecule has 0 saturated heterocycles. The molecule has 0 bridgehead atoms. The highest BCUT2D eigenvalue weighted by Crippen LogP contribution is 2.44. The van der Waals surface area contributed by atoms with Crippen LogP contribution < -0.4 is 0 Å². The fourth-order valence-electron chi connectivity index (χ4n) is 7.53. The molecule has 4 rings (SSSR count). The molecule has 4 atom stereocenters. The van der Waals surface area contributed by atoms with Crippen LogP contribution in [-0.4, -0.2) is 23.0 Å². The van der Waals surface area contributed by atoms with Crippen molar-refractivity contribution >= 4 is 11.8 Å². The summed E-state index contributed by atoms with van der Waals surface area (Å²) in [6, 6.07) is 0. The molecule has 3 nitrogen and oxygen atoms in total. The minimum absolute atomic E-state index is 0.0758. The highest BCUT2D eigenvalue weighted by molar-refractivity contribution is 6.08. The predicted octanol–water partition coefficient (Wildman–Crippen LogP) is 10.0. The van der Waals surface area contributed by atoms with Gasteiger partial charge in [-0.25, -0.2) is 9.18 Å². The Bertz CT molecular complexity index is 1100. The van der Waals surface area contributed by atoms with E-state index in [1.54, 1.807) is 20.8 Å². The molecule has 0 radical (unpaired) electrons. The molecule has 1 spiro atoms. The van der Waals surface area contributed by atoms with Gasteiger partial charge < -0.3 is 4.74 Å². The number of hydrogen-bond acceptors (Lipinski definition) is 3. The van der Waals surface area contributed by atoms with Crippen molar-refractivity contribution in [2.45, 2.75) is 142 Å². The van der Waals surface area contributed by atoms with Crippen LogP contribution in [0.1, 0.15) is 130 Å². The number of halogens is 1. The largest absolute Gasteiger partial charge is 0.451 e. The Labute approximate surface area is 248 Å². The van der Waals surface area contributed by atoms with E-state index in [0.717, 1.165) is 64.2 Å². The molecule has 1 aliphatic heterocycles. The third-order valence-electron chi connectivity index (χ3n) is 10.1. The maximum absolute atomic E-state index is 14.7. The molecule has 41 heavy (non-hydrogen) atoms. The number of ketones is 1. The minimum atomic E-state index is -1.22. The lowest BCUT2D eigenvalue weighted by Gasteiger charge is -2.31. The summed E-state index contributed by atoms with van der Waals surface area (Å²) in [5.41, 5.74) is 2.02. The molecule has 0 aromatic heterocycles. The average molecular weight is 565 g/mol. The second kappa shape index (κ2) is 14.3. The summed E-state index contributed by atoms with van der Waals surface area (Å²) < 4.78 is 20.7. The number of unbranched alkanes of at least 4 members (excludes halogenated alkanes) is 1. The Morgan fingerprint density at radius 1 is 1.17 bits per heavy atom. The summed E-state index contributed by atoms with van der Waals surface area (Å²) in [6.45, 7) is 7.33. The highest BCUT2D eigenvalue weighted by Gasteiger charge is 2.48. The third kappa shape index (κ3) is 8.20. The van der Waals surface area contributed by atoms with E-state index in [2.05, 4.69) is 31.2 Å². The number of esters is 1. The van der Waals surface area contributed by atoms with E-state index in [-0.39, 0.29) is 17.7 Å². The second-order valence-corrected chi connectivity index (χ2v) is 13.6. The van der Waals surface area contributed by atoms with Crippen LogP contribution >= 0.6 is 0 Å². The van der Waals surface area contributed by atoms with E-state index < -0.39 is 11.3 Å². The predicted molar refractivity (Wildman–Crippen MR) is 166 cm³/mol. The van der Waals surface area contributed by atoms with Gasteiger partial charge in [-0.2, -0.15) is 0 Å². The molecular weight excluding hydrogens is 511 g/mol. The quantitative estimate of drug-likeness (QED) is 0.127. The van der Waals surface area contributed by atoms with Crippen molar-refractivity contribution in [2.24, 2.45) is 17.8 Å². The van der Waals surface area contributed by atoms with Gasteiger partial charge in [0.25, 0.3) is 0 Å². The zero-order valence-electron chi connectivity index (χ0n) is 26.1. The van der Waals surface area contributed by atoms with E-state index in [4.69, 9.17) is 4.74 Å². The van der Waals surface area contributed by atoms with Gasteiger partial charge in [-0.05, 0) is 116 Å². The Kier molecular flexibility index (Phi) is 11.1. The van der Waals surface area contributed by atoms with Crippen molar-refractivity contribution in [1.82, 2.24) is 0 Å². The SMILES string of the molecule is CCCC(CCCCC(=O)C1=C(C)C(=O)OC12CCC=C(CCC1C=CCCC1)CC2)C1=CC=CC(C(C)(C)F)C1. The lowest BCUT2D eigenvalue weighted by molar-refractivity contribution is -0.148. The van der Waals surface area contributed by atoms with Gasteiger partial charge in [0, 0.05) is 23.5 Å². The number of rotatable bonds is 13. The van der Waals surface area contributed by atoms with E-state index in [9.17, 15) is 14.0 Å². The van der Waals surface area contributed by atoms with Gasteiger partial charge in [-0.3, -0.25) is 4.79 Å². The molecule has 0 amide bonds. The number of hydrogen-bond donors (Lipinski definition) is 0. The number of carbonyl (C=O) groups excluding carboxylic acids is 2. The van der Waals surface area contributed by atoms with Crippen LogP contribution in [0.5, 0.6) is 0 Å². The maximum atomic E-state index is 14.7. The molecule has 4 unspecified atom stereocenters. The second-order valence-electron chi connectivity index (χ2n) is 13.6. The van der Waals surface area contributed by atoms with Gasteiger partial charge in [0.15, 0.2) is 5.78 Å². The summed E-state index contributed by atoms with van der Waals surface area (Å²) in [4.78, 5) is 26.4. The third-order valence-corrected chi connectivity index (χ3v) is 10.1. The van der Waals surface area contributed by atoms with Crippen molar-refractivity contribution in [1.29, 1.82) is 0 Å². The van der Waals surface area contributed by atoms with Crippen molar-refractivity contribution in [3.05, 3.63) is 58.7 Å². The van der Waals surface area contributed by atoms with Crippen LogP contribution in [0.2, 0.25) is 0 Å². The van der Waals surface area contributed by atoms with Crippen LogP contribution in [0.3, 0.4) is 0 Å². The molecule has 0 saturated carbocycles. The Balaban J connectivity index is 1.31. The molecule has 1 heterocycles. The first-order valence-electron chi connectivity index (χ1n) is 16.5. The van der Waals surface area contributed by atoms with Gasteiger partial charge in [-0.15, -0.1) is 0 Å². The van der Waals surface area contributed by atoms with Crippen molar-refractivity contribution < 1.29 is 18.7 Å². The van der Waals surface area contributed by atoms with Gasteiger partial charge in [0.1, 0.15) is 11.3 Å². The summed E-state index contributed by atoms with van der Waals surface area (Å²) >= 11 is 0. The maximum Gasteiger partial charge on any atom is 0.335 e. The molecule has 0 aromatic rings. The molecule has 3 aliphatic carbocycles. The molecule has 0 N–H and O–H groups in total. The first-order valence-corrected chi connectivity index (χ1v) is 16.5. The molecule has 226 valence electrons. The lowest BCUT2D eigenvalue weighted by atomic mass is 9.77. The number of alkyl halides is 1. The lowest BCUT2D eigenvalue weighted by Crippen LogP contribution is -2.35. The Morgan fingerprint density at radius 2 is 2.00 bits per heavy atom. The van der Waals surface area contributed by atoms with Crippen molar-refractivity contribution in [3.8, 4) is 0 Å². The zero-order chi connectivity index (χ0) is 29.5. The van der Waals surface area contributed by atoms with E-state index >= 15 is 0 Å². The van der Waals surface area contributed by atoms with Gasteiger partial charge in [0.2, 0.25) is 0 Å². The van der Waals surface area contributed by atoms with Crippen molar-refractivity contribution in [2.75, 3.05) is 0 Å². The summed E-state index contributed by atoms with van der Waals surface area (Å²) in [5, 5.41) is 0. The van der Waals surface area contributed by atoms with Crippen LogP contribution in [0, 0.1) is 17.8 Å². The first kappa shape index (κ1) is 31.7. The average Bonchev–Trinajstić information content (AvgIpc) is 3.07. The van der Waals surface area contributed by atoms with Crippen LogP contribution in [0.15, 0.2) is 58.7 Å². The Hall–Kier alpha value is -2.23. The smallest absolute Gasteiger partial charge is 0.335 e. The zero-order valence-corrected chi connectivity index (χ0v) is 26.1. The van der Waals surface area contributed by atoms with E-state index in [0.29, 0.717) is 35.8 Å². The molecule has 4 aliphatic rings. The topological polar surface area (TPSA) is 43.4 Å². The summed E-state index contributed by atoms with van der Waals surface area (Å²) in [7, 11) is 0. The normalized spacial score (nSPS) is 27.5. The van der Waals surface area contributed by atoms with Gasteiger partial charge in [-0.1, -0.05) is 67.4 Å². The van der Waals surface area contributed by atoms with Gasteiger partial charge >= 0.3 is 5.97 Å². The van der Waals surface area contributed by atoms with Crippen molar-refractivity contribution in [3.63, 3.8) is 0 Å². The van der Waals surface area contributed by atoms with E-state index in [1.165, 1.54) is 36.8 Å². The van der Waals surface area contributed by atoms with Crippen LogP contribution in [0.4, 0.5) is 4.39 Å². The molecule has 0 fully saturated rings. The minimum Gasteiger partial charge on any atom is -0.451 e. The summed E-state index contributed by atoms with van der Waals surface area (Å²) in [6.07, 6.45) is 28.7.